The van der Waals surface area contributed by atoms with Crippen molar-refractivity contribution in [1.29, 1.82) is 0 Å². The Hall–Kier alpha value is -0.210. The SMILES string of the molecule is F[CH]CC(F)F. The molecule has 1 radical (unpaired) electrons. The molecule has 0 bridgehead atoms. The molecule has 0 atom stereocenters. The van der Waals surface area contributed by atoms with Crippen LogP contribution >= 0.6 is 0 Å². The largest absolute Gasteiger partial charge is 0.244 e. The highest BCUT2D eigenvalue weighted by Crippen LogP contribution is 2.00. The molecule has 0 unspecified atom stereocenters. The van der Waals surface area contributed by atoms with Crippen molar-refractivity contribution < 1.29 is 13.2 Å². The molecule has 0 nitrogen and oxygen atoms in total. The summed E-state index contributed by atoms with van der Waals surface area (Å²) in [5, 5.41) is 0. The highest BCUT2D eigenvalue weighted by molar-refractivity contribution is 4.47. The van der Waals surface area contributed by atoms with Crippen LogP contribution in [-0.2, 0) is 0 Å². The lowest BCUT2D eigenvalue weighted by Crippen LogP contribution is -1.85. The molecule has 0 fully saturated rings. The molecule has 0 spiro atoms. The van der Waals surface area contributed by atoms with Crippen molar-refractivity contribution in [3.05, 3.63) is 6.67 Å². The Labute approximate surface area is 34.0 Å². The standard InChI is InChI=1S/C3H4F3/c4-2-1-3(5)6/h2-3H,1H2. The summed E-state index contributed by atoms with van der Waals surface area (Å²) >= 11 is 0. The first kappa shape index (κ1) is 5.79. The predicted molar refractivity (Wildman–Crippen MR) is 16.0 cm³/mol. The van der Waals surface area contributed by atoms with Crippen LogP contribution in [0.1, 0.15) is 6.42 Å². The zero-order valence-electron chi connectivity index (χ0n) is 3.00. The van der Waals surface area contributed by atoms with E-state index in [9.17, 15) is 13.2 Å². The van der Waals surface area contributed by atoms with Crippen molar-refractivity contribution >= 4 is 0 Å². The van der Waals surface area contributed by atoms with E-state index in [0.717, 1.165) is 0 Å². The lowest BCUT2D eigenvalue weighted by atomic mass is 10.5. The predicted octanol–water partition coefficient (Wildman–Crippen LogP) is 1.77. The molecule has 0 aromatic heterocycles. The van der Waals surface area contributed by atoms with Gasteiger partial charge in [-0.15, -0.1) is 0 Å². The van der Waals surface area contributed by atoms with Crippen LogP contribution in [0.5, 0.6) is 0 Å². The van der Waals surface area contributed by atoms with E-state index < -0.39 is 12.8 Å². The summed E-state index contributed by atoms with van der Waals surface area (Å²) in [6.07, 6.45) is -3.28. The van der Waals surface area contributed by atoms with Gasteiger partial charge < -0.3 is 0 Å². The maximum absolute atomic E-state index is 10.8. The summed E-state index contributed by atoms with van der Waals surface area (Å²) in [5.74, 6) is 0. The van der Waals surface area contributed by atoms with Crippen molar-refractivity contribution in [1.82, 2.24) is 0 Å². The average Bonchev–Trinajstić information content (AvgIpc) is 1.35. The average molecular weight is 97.1 g/mol. The minimum atomic E-state index is -2.53. The number of rotatable bonds is 2. The zero-order chi connectivity index (χ0) is 4.99. The van der Waals surface area contributed by atoms with Gasteiger partial charge in [0.25, 0.3) is 0 Å². The van der Waals surface area contributed by atoms with Crippen LogP contribution in [0.3, 0.4) is 0 Å². The fraction of sp³-hybridized carbons (Fsp3) is 0.667. The van der Waals surface area contributed by atoms with Gasteiger partial charge in [-0.05, 0) is 0 Å². The van der Waals surface area contributed by atoms with Crippen molar-refractivity contribution in [3.8, 4) is 0 Å². The maximum Gasteiger partial charge on any atom is 0.241 e. The lowest BCUT2D eigenvalue weighted by Gasteiger charge is -1.85. The highest BCUT2D eigenvalue weighted by Gasteiger charge is 1.98. The first-order valence-electron chi connectivity index (χ1n) is 1.47. The van der Waals surface area contributed by atoms with Crippen molar-refractivity contribution in [3.63, 3.8) is 0 Å². The van der Waals surface area contributed by atoms with E-state index in [1.807, 2.05) is 0 Å². The molecule has 0 N–H and O–H groups in total. The third-order valence-corrected chi connectivity index (χ3v) is 0.267. The fourth-order valence-corrected chi connectivity index (χ4v) is 0.0673. The molecule has 0 aliphatic carbocycles. The number of hydrogen-bond acceptors (Lipinski definition) is 0. The van der Waals surface area contributed by atoms with E-state index >= 15 is 0 Å². The molecule has 0 aliphatic rings. The van der Waals surface area contributed by atoms with Gasteiger partial charge in [0.15, 0.2) is 0 Å². The highest BCUT2D eigenvalue weighted by atomic mass is 19.3. The second-order valence-electron chi connectivity index (χ2n) is 0.781. The molecule has 0 saturated carbocycles. The minimum absolute atomic E-state index is 0.0509. The van der Waals surface area contributed by atoms with E-state index in [0.29, 0.717) is 0 Å². The molecule has 6 heavy (non-hydrogen) atoms. The minimum Gasteiger partial charge on any atom is -0.244 e. The van der Waals surface area contributed by atoms with Gasteiger partial charge in [0.1, 0.15) is 6.67 Å². The molecule has 0 aromatic carbocycles. The fourth-order valence-electron chi connectivity index (χ4n) is 0.0673. The Morgan fingerprint density at radius 3 is 2.00 bits per heavy atom. The Kier molecular flexibility index (Phi) is 2.89. The van der Waals surface area contributed by atoms with Gasteiger partial charge in [-0.1, -0.05) is 0 Å². The third kappa shape index (κ3) is 3.79. The van der Waals surface area contributed by atoms with Crippen LogP contribution in [0.2, 0.25) is 0 Å². The van der Waals surface area contributed by atoms with Crippen LogP contribution in [-0.4, -0.2) is 6.43 Å². The van der Waals surface area contributed by atoms with Gasteiger partial charge in [0.2, 0.25) is 6.43 Å². The van der Waals surface area contributed by atoms with E-state index in [1.165, 1.54) is 0 Å². The van der Waals surface area contributed by atoms with Gasteiger partial charge in [0.05, 0.1) is 0 Å². The summed E-state index contributed by atoms with van der Waals surface area (Å²) in [7, 11) is 0. The molecular formula is C3H4F3. The monoisotopic (exact) mass is 97.0 g/mol. The third-order valence-electron chi connectivity index (χ3n) is 0.267. The second-order valence-corrected chi connectivity index (χ2v) is 0.781. The van der Waals surface area contributed by atoms with Gasteiger partial charge in [-0.3, -0.25) is 0 Å². The Morgan fingerprint density at radius 1 is 1.50 bits per heavy atom. The van der Waals surface area contributed by atoms with Gasteiger partial charge in [0, 0.05) is 6.42 Å². The summed E-state index contributed by atoms with van der Waals surface area (Å²) in [6.45, 7) is -0.0509. The van der Waals surface area contributed by atoms with E-state index in [1.54, 1.807) is 0 Å². The first-order valence-corrected chi connectivity index (χ1v) is 1.47. The molecule has 0 saturated heterocycles. The smallest absolute Gasteiger partial charge is 0.241 e. The van der Waals surface area contributed by atoms with Crippen molar-refractivity contribution in [2.75, 3.05) is 0 Å². The van der Waals surface area contributed by atoms with Crippen LogP contribution in [0.4, 0.5) is 13.2 Å². The number of hydrogen-bond donors (Lipinski definition) is 0. The summed E-state index contributed by atoms with van der Waals surface area (Å²) < 4.78 is 32.2. The summed E-state index contributed by atoms with van der Waals surface area (Å²) in [4.78, 5) is 0. The van der Waals surface area contributed by atoms with Gasteiger partial charge in [-0.25, -0.2) is 13.2 Å². The van der Waals surface area contributed by atoms with Crippen molar-refractivity contribution in [2.24, 2.45) is 0 Å². The zero-order valence-corrected chi connectivity index (χ0v) is 3.00. The van der Waals surface area contributed by atoms with E-state index in [2.05, 4.69) is 0 Å². The van der Waals surface area contributed by atoms with Crippen molar-refractivity contribution in [2.45, 2.75) is 12.8 Å². The van der Waals surface area contributed by atoms with Crippen LogP contribution in [0.15, 0.2) is 0 Å². The van der Waals surface area contributed by atoms with Crippen LogP contribution < -0.4 is 0 Å². The summed E-state index contributed by atoms with van der Waals surface area (Å²) in [6, 6.07) is 0. The summed E-state index contributed by atoms with van der Waals surface area (Å²) in [5.41, 5.74) is 0. The lowest BCUT2D eigenvalue weighted by molar-refractivity contribution is 0.139. The van der Waals surface area contributed by atoms with Gasteiger partial charge in [-0.2, -0.15) is 0 Å². The Morgan fingerprint density at radius 2 is 2.00 bits per heavy atom. The molecule has 3 heteroatoms. The Balaban J connectivity index is 2.63. The van der Waals surface area contributed by atoms with Gasteiger partial charge >= 0.3 is 0 Å². The van der Waals surface area contributed by atoms with E-state index in [4.69, 9.17) is 0 Å². The molecule has 0 rings (SSSR count). The molecule has 0 aromatic rings. The first-order chi connectivity index (χ1) is 2.77. The normalized spacial score (nSPS) is 10.0. The second kappa shape index (κ2) is 3.00. The van der Waals surface area contributed by atoms with E-state index in [-0.39, 0.29) is 6.67 Å². The molecule has 0 amide bonds. The Bertz CT molecular complexity index is 27.2. The molecule has 37 valence electrons. The molecule has 0 aliphatic heterocycles. The van der Waals surface area contributed by atoms with Crippen LogP contribution in [0.25, 0.3) is 0 Å². The number of halogens is 3. The topological polar surface area (TPSA) is 0 Å². The quantitative estimate of drug-likeness (QED) is 0.492. The number of alkyl halides is 2. The van der Waals surface area contributed by atoms with Crippen LogP contribution in [0, 0.1) is 6.67 Å². The maximum atomic E-state index is 10.8. The molecule has 0 heterocycles. The molecular weight excluding hydrogens is 93.0 g/mol.